The maximum Gasteiger partial charge on any atom is 0.416 e. The van der Waals surface area contributed by atoms with Crippen LogP contribution in [0, 0.1) is 0 Å². The second kappa shape index (κ2) is 6.65. The molecule has 0 saturated heterocycles. The number of aromatic nitrogens is 2. The first-order chi connectivity index (χ1) is 13.6. The number of para-hydroxylation sites is 1. The molecule has 1 heterocycles. The van der Waals surface area contributed by atoms with Crippen molar-refractivity contribution in [2.45, 2.75) is 12.4 Å². The fraction of sp³-hybridized carbons (Fsp3) is 0.0952. The van der Waals surface area contributed by atoms with Crippen molar-refractivity contribution in [1.29, 1.82) is 0 Å². The van der Waals surface area contributed by atoms with E-state index in [2.05, 4.69) is 5.10 Å². The fourth-order valence-electron chi connectivity index (χ4n) is 3.11. The standard InChI is InChI=1S/C21H12F6N2/c22-20(23,24)14-10-8-13(9-11-14)19-17-6-1-2-7-18(17)29(28-19)16-5-3-4-15(12-16)21(25,26)27/h1-12H. The maximum atomic E-state index is 13.1. The lowest BCUT2D eigenvalue weighted by Crippen LogP contribution is -2.06. The van der Waals surface area contributed by atoms with Crippen molar-refractivity contribution < 1.29 is 26.3 Å². The van der Waals surface area contributed by atoms with Gasteiger partial charge in [0.1, 0.15) is 5.69 Å². The van der Waals surface area contributed by atoms with Crippen LogP contribution in [0.15, 0.2) is 72.8 Å². The summed E-state index contributed by atoms with van der Waals surface area (Å²) < 4.78 is 79.1. The Bertz CT molecular complexity index is 1170. The van der Waals surface area contributed by atoms with Crippen molar-refractivity contribution in [3.05, 3.63) is 83.9 Å². The Balaban J connectivity index is 1.87. The topological polar surface area (TPSA) is 17.8 Å². The van der Waals surface area contributed by atoms with E-state index in [0.717, 1.165) is 24.3 Å². The molecule has 0 bridgehead atoms. The number of alkyl halides is 6. The highest BCUT2D eigenvalue weighted by Gasteiger charge is 2.31. The van der Waals surface area contributed by atoms with Gasteiger partial charge in [-0.25, -0.2) is 4.68 Å². The molecule has 0 amide bonds. The molecule has 0 spiro atoms. The maximum absolute atomic E-state index is 13.1. The van der Waals surface area contributed by atoms with Crippen molar-refractivity contribution >= 4 is 10.9 Å². The van der Waals surface area contributed by atoms with Crippen molar-refractivity contribution in [2.75, 3.05) is 0 Å². The van der Waals surface area contributed by atoms with Gasteiger partial charge in [0.15, 0.2) is 0 Å². The van der Waals surface area contributed by atoms with Gasteiger partial charge in [-0.3, -0.25) is 0 Å². The molecule has 0 saturated carbocycles. The molecular formula is C21H12F6N2. The van der Waals surface area contributed by atoms with Gasteiger partial charge in [0.05, 0.1) is 22.3 Å². The predicted molar refractivity (Wildman–Crippen MR) is 96.5 cm³/mol. The van der Waals surface area contributed by atoms with Gasteiger partial charge in [0.2, 0.25) is 0 Å². The zero-order valence-electron chi connectivity index (χ0n) is 14.6. The Labute approximate surface area is 161 Å². The highest BCUT2D eigenvalue weighted by atomic mass is 19.4. The number of halogens is 6. The lowest BCUT2D eigenvalue weighted by molar-refractivity contribution is -0.138. The van der Waals surface area contributed by atoms with E-state index >= 15 is 0 Å². The second-order valence-corrected chi connectivity index (χ2v) is 6.40. The zero-order valence-corrected chi connectivity index (χ0v) is 14.6. The van der Waals surface area contributed by atoms with E-state index in [1.54, 1.807) is 24.3 Å². The van der Waals surface area contributed by atoms with E-state index in [1.807, 2.05) is 0 Å². The first-order valence-corrected chi connectivity index (χ1v) is 8.47. The number of benzene rings is 3. The largest absolute Gasteiger partial charge is 0.416 e. The van der Waals surface area contributed by atoms with Crippen molar-refractivity contribution in [3.8, 4) is 16.9 Å². The average molecular weight is 406 g/mol. The smallest absolute Gasteiger partial charge is 0.232 e. The van der Waals surface area contributed by atoms with Crippen LogP contribution in [0.25, 0.3) is 27.8 Å². The van der Waals surface area contributed by atoms with Gasteiger partial charge < -0.3 is 0 Å². The zero-order chi connectivity index (χ0) is 20.8. The fourth-order valence-corrected chi connectivity index (χ4v) is 3.11. The van der Waals surface area contributed by atoms with Crippen LogP contribution in [0.4, 0.5) is 26.3 Å². The molecule has 0 radical (unpaired) electrons. The number of fused-ring (bicyclic) bond motifs is 1. The predicted octanol–water partition coefficient (Wildman–Crippen LogP) is 6.73. The summed E-state index contributed by atoms with van der Waals surface area (Å²) in [6, 6.07) is 16.1. The molecule has 0 atom stereocenters. The van der Waals surface area contributed by atoms with Crippen LogP contribution in [0.5, 0.6) is 0 Å². The summed E-state index contributed by atoms with van der Waals surface area (Å²) in [5.41, 5.74) is -0.0453. The van der Waals surface area contributed by atoms with Gasteiger partial charge in [-0.1, -0.05) is 36.4 Å². The van der Waals surface area contributed by atoms with E-state index in [0.29, 0.717) is 22.2 Å². The highest BCUT2D eigenvalue weighted by molar-refractivity contribution is 5.94. The van der Waals surface area contributed by atoms with Crippen LogP contribution < -0.4 is 0 Å². The minimum Gasteiger partial charge on any atom is -0.232 e. The second-order valence-electron chi connectivity index (χ2n) is 6.40. The average Bonchev–Trinajstić information content (AvgIpc) is 3.07. The third kappa shape index (κ3) is 3.57. The Morgan fingerprint density at radius 2 is 1.31 bits per heavy atom. The summed E-state index contributed by atoms with van der Waals surface area (Å²) in [6.07, 6.45) is -8.97. The van der Waals surface area contributed by atoms with Crippen molar-refractivity contribution in [3.63, 3.8) is 0 Å². The summed E-state index contributed by atoms with van der Waals surface area (Å²) in [5, 5.41) is 5.03. The molecule has 0 aliphatic carbocycles. The SMILES string of the molecule is FC(F)(F)c1ccc(-c2nn(-c3cccc(C(F)(F)F)c3)c3ccccc23)cc1. The van der Waals surface area contributed by atoms with Gasteiger partial charge in [0, 0.05) is 10.9 Å². The van der Waals surface area contributed by atoms with Gasteiger partial charge in [-0.05, 0) is 36.4 Å². The Morgan fingerprint density at radius 3 is 1.97 bits per heavy atom. The third-order valence-corrected chi connectivity index (χ3v) is 4.49. The minimum absolute atomic E-state index is 0.203. The molecule has 29 heavy (non-hydrogen) atoms. The molecule has 0 aliphatic rings. The van der Waals surface area contributed by atoms with Crippen LogP contribution in [0.1, 0.15) is 11.1 Å². The van der Waals surface area contributed by atoms with Crippen LogP contribution in [0.2, 0.25) is 0 Å². The summed E-state index contributed by atoms with van der Waals surface area (Å²) in [5.74, 6) is 0. The molecule has 4 aromatic rings. The molecule has 0 aliphatic heterocycles. The first kappa shape index (κ1) is 19.0. The normalized spacial score (nSPS) is 12.5. The molecule has 148 valence electrons. The number of hydrogen-bond acceptors (Lipinski definition) is 1. The van der Waals surface area contributed by atoms with Crippen LogP contribution in [0.3, 0.4) is 0 Å². The first-order valence-electron chi connectivity index (χ1n) is 8.47. The van der Waals surface area contributed by atoms with E-state index in [9.17, 15) is 26.3 Å². The van der Waals surface area contributed by atoms with Gasteiger partial charge >= 0.3 is 12.4 Å². The summed E-state index contributed by atoms with van der Waals surface area (Å²) in [4.78, 5) is 0. The van der Waals surface area contributed by atoms with Gasteiger partial charge in [-0.2, -0.15) is 31.4 Å². The molecule has 8 heteroatoms. The van der Waals surface area contributed by atoms with Crippen LogP contribution in [-0.4, -0.2) is 9.78 Å². The lowest BCUT2D eigenvalue weighted by Gasteiger charge is -2.09. The number of nitrogens with zero attached hydrogens (tertiary/aromatic N) is 2. The molecule has 3 aromatic carbocycles. The van der Waals surface area contributed by atoms with Crippen molar-refractivity contribution in [2.24, 2.45) is 0 Å². The molecule has 2 nitrogen and oxygen atoms in total. The summed E-state index contributed by atoms with van der Waals surface area (Å²) >= 11 is 0. The van der Waals surface area contributed by atoms with Crippen LogP contribution in [-0.2, 0) is 12.4 Å². The molecule has 0 fully saturated rings. The quantitative estimate of drug-likeness (QED) is 0.338. The Hall–Kier alpha value is -3.29. The molecule has 0 N–H and O–H groups in total. The highest BCUT2D eigenvalue weighted by Crippen LogP contribution is 2.35. The number of hydrogen-bond donors (Lipinski definition) is 0. The lowest BCUT2D eigenvalue weighted by atomic mass is 10.1. The van der Waals surface area contributed by atoms with E-state index < -0.39 is 23.5 Å². The Morgan fingerprint density at radius 1 is 0.655 bits per heavy atom. The van der Waals surface area contributed by atoms with Gasteiger partial charge in [0.25, 0.3) is 0 Å². The number of rotatable bonds is 2. The summed E-state index contributed by atoms with van der Waals surface area (Å²) in [7, 11) is 0. The van der Waals surface area contributed by atoms with Gasteiger partial charge in [-0.15, -0.1) is 0 Å². The molecule has 1 aromatic heterocycles. The molecule has 0 unspecified atom stereocenters. The van der Waals surface area contributed by atoms with Crippen molar-refractivity contribution in [1.82, 2.24) is 9.78 Å². The minimum atomic E-state index is -4.50. The van der Waals surface area contributed by atoms with E-state index in [-0.39, 0.29) is 5.69 Å². The molecular weight excluding hydrogens is 394 g/mol. The Kier molecular flexibility index (Phi) is 4.37. The van der Waals surface area contributed by atoms with E-state index in [1.165, 1.54) is 28.9 Å². The summed E-state index contributed by atoms with van der Waals surface area (Å²) in [6.45, 7) is 0. The monoisotopic (exact) mass is 406 g/mol. The van der Waals surface area contributed by atoms with Crippen LogP contribution >= 0.6 is 0 Å². The third-order valence-electron chi connectivity index (χ3n) is 4.49. The molecule has 4 rings (SSSR count). The van der Waals surface area contributed by atoms with E-state index in [4.69, 9.17) is 0 Å².